The number of ketones is 1. The van der Waals surface area contributed by atoms with Crippen molar-refractivity contribution in [2.45, 2.75) is 0 Å². The average Bonchev–Trinajstić information content (AvgIpc) is 2.53. The summed E-state index contributed by atoms with van der Waals surface area (Å²) >= 11 is 3.26. The standard InChI is InChI=1S/C17H13BrO4/c1-21-12-3-5-16-13(8-12)17(20)11(9-22-16)6-10-2-4-15(19)14(18)7-10/h2-8,19H,9H2,1H3/b11-6+. The summed E-state index contributed by atoms with van der Waals surface area (Å²) in [5, 5.41) is 9.52. The van der Waals surface area contributed by atoms with Crippen LogP contribution in [-0.4, -0.2) is 24.6 Å². The van der Waals surface area contributed by atoms with E-state index in [-0.39, 0.29) is 18.1 Å². The minimum atomic E-state index is -0.0793. The van der Waals surface area contributed by atoms with Gasteiger partial charge in [0.15, 0.2) is 5.78 Å². The van der Waals surface area contributed by atoms with Crippen molar-refractivity contribution in [3.63, 3.8) is 0 Å². The summed E-state index contributed by atoms with van der Waals surface area (Å²) in [6.07, 6.45) is 1.76. The number of Topliss-reactive ketones (excluding diaryl/α,β-unsaturated/α-hetero) is 1. The van der Waals surface area contributed by atoms with Gasteiger partial charge in [-0.05, 0) is 57.9 Å². The van der Waals surface area contributed by atoms with Gasteiger partial charge in [-0.25, -0.2) is 0 Å². The van der Waals surface area contributed by atoms with Gasteiger partial charge in [-0.15, -0.1) is 0 Å². The van der Waals surface area contributed by atoms with Crippen LogP contribution in [0.3, 0.4) is 0 Å². The number of hydrogen-bond donors (Lipinski definition) is 1. The third kappa shape index (κ3) is 2.72. The number of carbonyl (C=O) groups is 1. The molecule has 2 aromatic rings. The first-order valence-electron chi connectivity index (χ1n) is 6.63. The lowest BCUT2D eigenvalue weighted by Gasteiger charge is -2.19. The van der Waals surface area contributed by atoms with E-state index >= 15 is 0 Å². The Hall–Kier alpha value is -2.27. The van der Waals surface area contributed by atoms with E-state index in [2.05, 4.69) is 15.9 Å². The fraction of sp³-hybridized carbons (Fsp3) is 0.118. The fourth-order valence-electron chi connectivity index (χ4n) is 2.25. The van der Waals surface area contributed by atoms with Crippen molar-refractivity contribution in [3.05, 3.63) is 57.6 Å². The maximum Gasteiger partial charge on any atom is 0.196 e. The lowest BCUT2D eigenvalue weighted by Crippen LogP contribution is -2.19. The molecule has 112 valence electrons. The highest BCUT2D eigenvalue weighted by Gasteiger charge is 2.23. The molecule has 1 aliphatic rings. The number of phenolic OH excluding ortho intramolecular Hbond substituents is 1. The Balaban J connectivity index is 1.97. The van der Waals surface area contributed by atoms with E-state index < -0.39 is 0 Å². The largest absolute Gasteiger partial charge is 0.507 e. The lowest BCUT2D eigenvalue weighted by molar-refractivity contribution is 0.100. The van der Waals surface area contributed by atoms with Crippen LogP contribution in [0.1, 0.15) is 15.9 Å². The monoisotopic (exact) mass is 360 g/mol. The molecule has 0 saturated carbocycles. The molecule has 1 N–H and O–H groups in total. The Morgan fingerprint density at radius 3 is 2.82 bits per heavy atom. The fourth-order valence-corrected chi connectivity index (χ4v) is 2.65. The Labute approximate surface area is 136 Å². The number of methoxy groups -OCH3 is 1. The molecule has 0 spiro atoms. The first-order valence-corrected chi connectivity index (χ1v) is 7.42. The van der Waals surface area contributed by atoms with Gasteiger partial charge < -0.3 is 14.6 Å². The molecule has 0 amide bonds. The Kier molecular flexibility index (Phi) is 3.90. The van der Waals surface area contributed by atoms with Crippen LogP contribution in [0.4, 0.5) is 0 Å². The van der Waals surface area contributed by atoms with E-state index in [9.17, 15) is 9.90 Å². The zero-order chi connectivity index (χ0) is 15.7. The maximum absolute atomic E-state index is 12.6. The van der Waals surface area contributed by atoms with Crippen LogP contribution in [0.5, 0.6) is 17.2 Å². The van der Waals surface area contributed by atoms with Crippen molar-refractivity contribution in [2.75, 3.05) is 13.7 Å². The number of ether oxygens (including phenoxy) is 2. The number of aromatic hydroxyl groups is 1. The topological polar surface area (TPSA) is 55.8 Å². The van der Waals surface area contributed by atoms with E-state index in [1.54, 1.807) is 49.6 Å². The SMILES string of the molecule is COc1ccc2c(c1)C(=O)/C(=C/c1ccc(O)c(Br)c1)CO2. The van der Waals surface area contributed by atoms with Crippen LogP contribution < -0.4 is 9.47 Å². The molecule has 0 aliphatic carbocycles. The second-order valence-corrected chi connectivity index (χ2v) is 5.71. The zero-order valence-electron chi connectivity index (χ0n) is 11.8. The number of fused-ring (bicyclic) bond motifs is 1. The van der Waals surface area contributed by atoms with Crippen LogP contribution >= 0.6 is 15.9 Å². The van der Waals surface area contributed by atoms with E-state index in [0.717, 1.165) is 5.56 Å². The predicted octanol–water partition coefficient (Wildman–Crippen LogP) is 3.82. The van der Waals surface area contributed by atoms with Crippen molar-refractivity contribution >= 4 is 27.8 Å². The van der Waals surface area contributed by atoms with E-state index in [0.29, 0.717) is 27.1 Å². The third-order valence-corrected chi connectivity index (χ3v) is 4.05. The molecule has 0 fully saturated rings. The summed E-state index contributed by atoms with van der Waals surface area (Å²) in [5.41, 5.74) is 1.86. The Bertz CT molecular complexity index is 780. The molecule has 4 nitrogen and oxygen atoms in total. The number of carbonyl (C=O) groups excluding carboxylic acids is 1. The van der Waals surface area contributed by atoms with Crippen molar-refractivity contribution < 1.29 is 19.4 Å². The highest BCUT2D eigenvalue weighted by Crippen LogP contribution is 2.32. The second-order valence-electron chi connectivity index (χ2n) is 4.86. The van der Waals surface area contributed by atoms with Gasteiger partial charge in [0, 0.05) is 5.57 Å². The third-order valence-electron chi connectivity index (χ3n) is 3.42. The minimum absolute atomic E-state index is 0.0793. The smallest absolute Gasteiger partial charge is 0.196 e. The summed E-state index contributed by atoms with van der Waals surface area (Å²) < 4.78 is 11.4. The van der Waals surface area contributed by atoms with Gasteiger partial charge in [0.25, 0.3) is 0 Å². The molecule has 1 aliphatic heterocycles. The van der Waals surface area contributed by atoms with Gasteiger partial charge in [0.05, 0.1) is 17.1 Å². The molecular formula is C17H13BrO4. The van der Waals surface area contributed by atoms with Gasteiger partial charge in [-0.1, -0.05) is 6.07 Å². The average molecular weight is 361 g/mol. The number of benzene rings is 2. The summed E-state index contributed by atoms with van der Waals surface area (Å²) in [6, 6.07) is 10.2. The second kappa shape index (κ2) is 5.85. The van der Waals surface area contributed by atoms with Crippen molar-refractivity contribution in [1.82, 2.24) is 0 Å². The highest BCUT2D eigenvalue weighted by molar-refractivity contribution is 9.10. The first-order chi connectivity index (χ1) is 10.6. The summed E-state index contributed by atoms with van der Waals surface area (Å²) in [7, 11) is 1.56. The summed E-state index contributed by atoms with van der Waals surface area (Å²) in [5.74, 6) is 1.26. The molecule has 0 radical (unpaired) electrons. The molecule has 3 rings (SSSR count). The van der Waals surface area contributed by atoms with Crippen LogP contribution in [0.2, 0.25) is 0 Å². The maximum atomic E-state index is 12.6. The van der Waals surface area contributed by atoms with Crippen molar-refractivity contribution in [3.8, 4) is 17.2 Å². The van der Waals surface area contributed by atoms with Gasteiger partial charge in [-0.2, -0.15) is 0 Å². The van der Waals surface area contributed by atoms with E-state index in [1.165, 1.54) is 0 Å². The molecule has 0 atom stereocenters. The van der Waals surface area contributed by atoms with Gasteiger partial charge in [-0.3, -0.25) is 4.79 Å². The number of hydrogen-bond acceptors (Lipinski definition) is 4. The van der Waals surface area contributed by atoms with Crippen LogP contribution in [0, 0.1) is 0 Å². The molecule has 2 aromatic carbocycles. The number of phenols is 1. The van der Waals surface area contributed by atoms with Crippen LogP contribution in [-0.2, 0) is 0 Å². The van der Waals surface area contributed by atoms with Gasteiger partial charge in [0.1, 0.15) is 23.9 Å². The molecule has 0 saturated heterocycles. The molecule has 5 heteroatoms. The highest BCUT2D eigenvalue weighted by atomic mass is 79.9. The minimum Gasteiger partial charge on any atom is -0.507 e. The zero-order valence-corrected chi connectivity index (χ0v) is 13.4. The van der Waals surface area contributed by atoms with Gasteiger partial charge in [0.2, 0.25) is 0 Å². The molecule has 1 heterocycles. The summed E-state index contributed by atoms with van der Waals surface area (Å²) in [4.78, 5) is 12.6. The molecule has 0 bridgehead atoms. The molecule has 0 aromatic heterocycles. The first kappa shape index (κ1) is 14.7. The normalized spacial score (nSPS) is 15.4. The van der Waals surface area contributed by atoms with Gasteiger partial charge >= 0.3 is 0 Å². The number of halogens is 1. The molecule has 0 unspecified atom stereocenters. The van der Waals surface area contributed by atoms with Crippen LogP contribution in [0.15, 0.2) is 46.4 Å². The quantitative estimate of drug-likeness (QED) is 0.827. The Morgan fingerprint density at radius 1 is 1.27 bits per heavy atom. The lowest BCUT2D eigenvalue weighted by atomic mass is 9.98. The molecule has 22 heavy (non-hydrogen) atoms. The number of rotatable bonds is 2. The van der Waals surface area contributed by atoms with Crippen molar-refractivity contribution in [1.29, 1.82) is 0 Å². The van der Waals surface area contributed by atoms with Crippen LogP contribution in [0.25, 0.3) is 6.08 Å². The summed E-state index contributed by atoms with van der Waals surface area (Å²) in [6.45, 7) is 0.219. The van der Waals surface area contributed by atoms with E-state index in [4.69, 9.17) is 9.47 Å². The molecular weight excluding hydrogens is 348 g/mol. The predicted molar refractivity (Wildman–Crippen MR) is 86.6 cm³/mol. The van der Waals surface area contributed by atoms with E-state index in [1.807, 2.05) is 0 Å². The van der Waals surface area contributed by atoms with Crippen molar-refractivity contribution in [2.24, 2.45) is 0 Å². The Morgan fingerprint density at radius 2 is 2.09 bits per heavy atom.